The summed E-state index contributed by atoms with van der Waals surface area (Å²) < 4.78 is 5.96. The third-order valence-corrected chi connectivity index (χ3v) is 4.62. The molecule has 1 aromatic heterocycles. The van der Waals surface area contributed by atoms with E-state index in [9.17, 15) is 0 Å². The zero-order chi connectivity index (χ0) is 14.8. The predicted molar refractivity (Wildman–Crippen MR) is 88.0 cm³/mol. The van der Waals surface area contributed by atoms with Crippen molar-refractivity contribution in [3.63, 3.8) is 0 Å². The highest BCUT2D eigenvalue weighted by molar-refractivity contribution is 5.77. The van der Waals surface area contributed by atoms with Gasteiger partial charge >= 0.3 is 0 Å². The molecular weight excluding hydrogens is 274 g/mol. The van der Waals surface area contributed by atoms with Crippen molar-refractivity contribution in [2.24, 2.45) is 0 Å². The molecular formula is C18H21N3O. The van der Waals surface area contributed by atoms with Crippen LogP contribution < -0.4 is 10.2 Å². The van der Waals surface area contributed by atoms with Crippen molar-refractivity contribution >= 4 is 5.69 Å². The first-order chi connectivity index (χ1) is 10.9. The number of nitrogens with one attached hydrogen (secondary N) is 1. The number of rotatable bonds is 2. The van der Waals surface area contributed by atoms with Gasteiger partial charge in [0.05, 0.1) is 12.7 Å². The lowest BCUT2D eigenvalue weighted by Gasteiger charge is -2.42. The van der Waals surface area contributed by atoms with E-state index in [0.717, 1.165) is 32.7 Å². The predicted octanol–water partition coefficient (Wildman–Crippen LogP) is 2.32. The highest BCUT2D eigenvalue weighted by Crippen LogP contribution is 2.32. The Hall–Kier alpha value is -1.91. The molecule has 2 atom stereocenters. The maximum atomic E-state index is 5.96. The van der Waals surface area contributed by atoms with Gasteiger partial charge in [-0.2, -0.15) is 0 Å². The zero-order valence-electron chi connectivity index (χ0n) is 12.6. The summed E-state index contributed by atoms with van der Waals surface area (Å²) in [5, 5.41) is 3.58. The van der Waals surface area contributed by atoms with E-state index in [2.05, 4.69) is 45.5 Å². The number of pyridine rings is 1. The van der Waals surface area contributed by atoms with Crippen LogP contribution in [0.25, 0.3) is 11.1 Å². The summed E-state index contributed by atoms with van der Waals surface area (Å²) in [4.78, 5) is 6.77. The summed E-state index contributed by atoms with van der Waals surface area (Å²) in [7, 11) is 0. The molecule has 0 amide bonds. The first kappa shape index (κ1) is 13.7. The van der Waals surface area contributed by atoms with Gasteiger partial charge in [-0.25, -0.2) is 0 Å². The minimum atomic E-state index is 0.291. The van der Waals surface area contributed by atoms with Gasteiger partial charge in [0.15, 0.2) is 0 Å². The normalized spacial score (nSPS) is 24.8. The zero-order valence-corrected chi connectivity index (χ0v) is 12.6. The summed E-state index contributed by atoms with van der Waals surface area (Å²) in [5.41, 5.74) is 3.68. The lowest BCUT2D eigenvalue weighted by Crippen LogP contribution is -2.57. The van der Waals surface area contributed by atoms with Gasteiger partial charge in [-0.3, -0.25) is 4.98 Å². The van der Waals surface area contributed by atoms with E-state index in [1.165, 1.54) is 16.8 Å². The molecule has 4 nitrogen and oxygen atoms in total. The van der Waals surface area contributed by atoms with Crippen molar-refractivity contribution in [2.75, 3.05) is 31.1 Å². The third kappa shape index (κ3) is 2.60. The fraction of sp³-hybridized carbons (Fsp3) is 0.389. The second-order valence-electron chi connectivity index (χ2n) is 5.96. The number of aromatic nitrogens is 1. The van der Waals surface area contributed by atoms with Crippen molar-refractivity contribution in [3.05, 3.63) is 48.8 Å². The molecule has 2 aliphatic rings. The van der Waals surface area contributed by atoms with Crippen molar-refractivity contribution in [2.45, 2.75) is 18.6 Å². The molecule has 0 radical (unpaired) electrons. The standard InChI is InChI=1S/C18H21N3O/c1-2-4-14(5-3-1)15-12-19-8-6-17(15)21-10-7-16-18(13-21)22-11-9-20-16/h1-6,8,12,16,18,20H,7,9-11,13H2/t16-,18-/m0/s1. The van der Waals surface area contributed by atoms with Gasteiger partial charge in [0.25, 0.3) is 0 Å². The minimum Gasteiger partial charge on any atom is -0.373 e. The Bertz CT molecular complexity index is 631. The van der Waals surface area contributed by atoms with Crippen LogP contribution in [0.4, 0.5) is 5.69 Å². The molecule has 0 spiro atoms. The molecule has 3 heterocycles. The summed E-state index contributed by atoms with van der Waals surface area (Å²) in [6.45, 7) is 3.80. The molecule has 4 heteroatoms. The molecule has 0 saturated carbocycles. The first-order valence-electron chi connectivity index (χ1n) is 8.01. The second-order valence-corrected chi connectivity index (χ2v) is 5.96. The molecule has 22 heavy (non-hydrogen) atoms. The maximum Gasteiger partial charge on any atom is 0.0903 e. The van der Waals surface area contributed by atoms with Crippen LogP contribution in [0, 0.1) is 0 Å². The van der Waals surface area contributed by atoms with E-state index in [0.29, 0.717) is 12.1 Å². The number of hydrogen-bond donors (Lipinski definition) is 1. The molecule has 1 aromatic carbocycles. The molecule has 4 rings (SSSR count). The monoisotopic (exact) mass is 295 g/mol. The average Bonchev–Trinajstić information content (AvgIpc) is 2.62. The quantitative estimate of drug-likeness (QED) is 0.922. The molecule has 1 N–H and O–H groups in total. The van der Waals surface area contributed by atoms with E-state index in [1.807, 2.05) is 18.5 Å². The van der Waals surface area contributed by atoms with Crippen LogP contribution in [0.3, 0.4) is 0 Å². The Morgan fingerprint density at radius 3 is 3.00 bits per heavy atom. The summed E-state index contributed by atoms with van der Waals surface area (Å²) in [6.07, 6.45) is 5.27. The van der Waals surface area contributed by atoms with E-state index in [-0.39, 0.29) is 0 Å². The van der Waals surface area contributed by atoms with Gasteiger partial charge < -0.3 is 15.0 Å². The van der Waals surface area contributed by atoms with Crippen molar-refractivity contribution in [1.82, 2.24) is 10.3 Å². The Labute approximate surface area is 131 Å². The fourth-order valence-corrected chi connectivity index (χ4v) is 3.50. The smallest absolute Gasteiger partial charge is 0.0903 e. The number of nitrogens with zero attached hydrogens (tertiary/aromatic N) is 2. The largest absolute Gasteiger partial charge is 0.373 e. The van der Waals surface area contributed by atoms with Crippen molar-refractivity contribution in [3.8, 4) is 11.1 Å². The molecule has 2 fully saturated rings. The van der Waals surface area contributed by atoms with Crippen LogP contribution in [0.15, 0.2) is 48.8 Å². The molecule has 0 aliphatic carbocycles. The molecule has 2 saturated heterocycles. The van der Waals surface area contributed by atoms with Crippen LogP contribution in [-0.2, 0) is 4.74 Å². The number of benzene rings is 1. The average molecular weight is 295 g/mol. The molecule has 0 bridgehead atoms. The van der Waals surface area contributed by atoms with E-state index in [1.54, 1.807) is 0 Å². The van der Waals surface area contributed by atoms with Crippen LogP contribution in [0.2, 0.25) is 0 Å². The third-order valence-electron chi connectivity index (χ3n) is 4.62. The van der Waals surface area contributed by atoms with Gasteiger partial charge in [0, 0.05) is 49.3 Å². The van der Waals surface area contributed by atoms with E-state index >= 15 is 0 Å². The van der Waals surface area contributed by atoms with Gasteiger partial charge in [0.2, 0.25) is 0 Å². The van der Waals surface area contributed by atoms with Gasteiger partial charge in [-0.1, -0.05) is 30.3 Å². The van der Waals surface area contributed by atoms with Crippen LogP contribution in [0.5, 0.6) is 0 Å². The molecule has 0 unspecified atom stereocenters. The van der Waals surface area contributed by atoms with Gasteiger partial charge in [-0.15, -0.1) is 0 Å². The highest BCUT2D eigenvalue weighted by Gasteiger charge is 2.32. The van der Waals surface area contributed by atoms with Crippen LogP contribution >= 0.6 is 0 Å². The summed E-state index contributed by atoms with van der Waals surface area (Å²) in [5.74, 6) is 0. The molecule has 2 aliphatic heterocycles. The lowest BCUT2D eigenvalue weighted by molar-refractivity contribution is -0.00901. The Morgan fingerprint density at radius 1 is 1.18 bits per heavy atom. The number of morpholine rings is 1. The van der Waals surface area contributed by atoms with Gasteiger partial charge in [-0.05, 0) is 18.1 Å². The van der Waals surface area contributed by atoms with E-state index < -0.39 is 0 Å². The number of anilines is 1. The van der Waals surface area contributed by atoms with E-state index in [4.69, 9.17) is 4.74 Å². The van der Waals surface area contributed by atoms with Crippen LogP contribution in [0.1, 0.15) is 6.42 Å². The van der Waals surface area contributed by atoms with Gasteiger partial charge in [0.1, 0.15) is 0 Å². The SMILES string of the molecule is c1ccc(-c2cnccc2N2CC[C@@H]3NCCO[C@H]3C2)cc1. The summed E-state index contributed by atoms with van der Waals surface area (Å²) >= 11 is 0. The summed E-state index contributed by atoms with van der Waals surface area (Å²) in [6, 6.07) is 13.1. The van der Waals surface area contributed by atoms with Crippen LogP contribution in [-0.4, -0.2) is 43.4 Å². The number of hydrogen-bond acceptors (Lipinski definition) is 4. The molecule has 2 aromatic rings. The second kappa shape index (κ2) is 6.07. The minimum absolute atomic E-state index is 0.291. The topological polar surface area (TPSA) is 37.4 Å². The Morgan fingerprint density at radius 2 is 2.09 bits per heavy atom. The number of piperidine rings is 1. The Balaban J connectivity index is 1.63. The fourth-order valence-electron chi connectivity index (χ4n) is 3.50. The highest BCUT2D eigenvalue weighted by atomic mass is 16.5. The van der Waals surface area contributed by atoms with Crippen molar-refractivity contribution in [1.29, 1.82) is 0 Å². The number of fused-ring (bicyclic) bond motifs is 1. The number of ether oxygens (including phenoxy) is 1. The molecule has 114 valence electrons. The lowest BCUT2D eigenvalue weighted by atomic mass is 9.98. The Kier molecular flexibility index (Phi) is 3.79. The first-order valence-corrected chi connectivity index (χ1v) is 8.01. The maximum absolute atomic E-state index is 5.96. The van der Waals surface area contributed by atoms with Crippen molar-refractivity contribution < 1.29 is 4.74 Å².